The van der Waals surface area contributed by atoms with E-state index >= 15 is 0 Å². The number of nitrogens with one attached hydrogen (secondary N) is 2. The number of rotatable bonds is 4. The predicted octanol–water partition coefficient (Wildman–Crippen LogP) is 3.14. The minimum absolute atomic E-state index is 0.155. The Morgan fingerprint density at radius 3 is 2.90 bits per heavy atom. The van der Waals surface area contributed by atoms with Gasteiger partial charge in [0.15, 0.2) is 0 Å². The molecule has 1 unspecified atom stereocenters. The summed E-state index contributed by atoms with van der Waals surface area (Å²) in [5.41, 5.74) is 5.65. The first-order valence-electron chi connectivity index (χ1n) is 10.2. The van der Waals surface area contributed by atoms with Gasteiger partial charge < -0.3 is 14.8 Å². The van der Waals surface area contributed by atoms with E-state index in [1.54, 1.807) is 4.90 Å². The number of H-pyrrole nitrogens is 1. The Kier molecular flexibility index (Phi) is 4.82. The molecule has 0 bridgehead atoms. The van der Waals surface area contributed by atoms with Gasteiger partial charge in [0.05, 0.1) is 36.8 Å². The Hall–Kier alpha value is -3.81. The summed E-state index contributed by atoms with van der Waals surface area (Å²) in [6, 6.07) is 15.8. The Labute approximate surface area is 179 Å². The quantitative estimate of drug-likeness (QED) is 0.679. The molecule has 3 aromatic rings. The van der Waals surface area contributed by atoms with Crippen LogP contribution in [0.4, 0.5) is 10.5 Å². The minimum Gasteiger partial charge on any atom is -0.492 e. The first kappa shape index (κ1) is 19.2. The number of carbonyl (C=O) groups is 2. The van der Waals surface area contributed by atoms with Crippen LogP contribution in [-0.2, 0) is 16.0 Å². The molecular formula is C23H22N4O4. The van der Waals surface area contributed by atoms with Crippen LogP contribution < -0.4 is 15.0 Å². The van der Waals surface area contributed by atoms with E-state index in [0.717, 1.165) is 34.5 Å². The summed E-state index contributed by atoms with van der Waals surface area (Å²) in [6.07, 6.45) is -0.0943. The Morgan fingerprint density at radius 2 is 2.10 bits per heavy atom. The average Bonchev–Trinajstić information content (AvgIpc) is 3.31. The molecule has 1 atom stereocenters. The highest BCUT2D eigenvalue weighted by Gasteiger charge is 2.33. The number of carbonyl (C=O) groups excluding carboxylic acids is 2. The number of nitrogens with zero attached hydrogens (tertiary/aromatic N) is 2. The number of cyclic esters (lactones) is 1. The van der Waals surface area contributed by atoms with Crippen LogP contribution in [0, 0.1) is 0 Å². The fraction of sp³-hybridized carbons (Fsp3) is 0.261. The largest absolute Gasteiger partial charge is 0.492 e. The molecule has 0 saturated carbocycles. The molecule has 3 heterocycles. The van der Waals surface area contributed by atoms with Crippen molar-refractivity contribution in [3.63, 3.8) is 0 Å². The van der Waals surface area contributed by atoms with Crippen molar-refractivity contribution in [2.45, 2.75) is 19.4 Å². The van der Waals surface area contributed by atoms with Crippen molar-refractivity contribution in [1.82, 2.24) is 15.5 Å². The fourth-order valence-electron chi connectivity index (χ4n) is 4.03. The van der Waals surface area contributed by atoms with Crippen molar-refractivity contribution >= 4 is 17.7 Å². The zero-order valence-electron chi connectivity index (χ0n) is 17.1. The molecule has 8 nitrogen and oxygen atoms in total. The number of fused-ring (bicyclic) bond motifs is 3. The first-order chi connectivity index (χ1) is 15.1. The molecule has 0 spiro atoms. The van der Waals surface area contributed by atoms with Gasteiger partial charge in [-0.25, -0.2) is 4.79 Å². The van der Waals surface area contributed by atoms with E-state index in [1.165, 1.54) is 6.92 Å². The molecule has 5 rings (SSSR count). The van der Waals surface area contributed by atoms with Crippen LogP contribution >= 0.6 is 0 Å². The van der Waals surface area contributed by atoms with Gasteiger partial charge in [0.2, 0.25) is 5.91 Å². The number of benzene rings is 2. The van der Waals surface area contributed by atoms with E-state index in [1.807, 2.05) is 36.4 Å². The molecule has 1 aromatic heterocycles. The summed E-state index contributed by atoms with van der Waals surface area (Å²) in [5, 5.41) is 10.4. The SMILES string of the molecule is CC(=O)NCC1CN(c2ccc3c(c2)OCCc2c-3n[nH]c2-c2ccccc2)C(=O)O1. The number of amides is 2. The molecule has 0 aliphatic carbocycles. The molecule has 8 heteroatoms. The van der Waals surface area contributed by atoms with Crippen molar-refractivity contribution in [1.29, 1.82) is 0 Å². The van der Waals surface area contributed by atoms with E-state index in [0.29, 0.717) is 24.6 Å². The maximum atomic E-state index is 12.4. The number of anilines is 1. The van der Waals surface area contributed by atoms with Gasteiger partial charge in [0.1, 0.15) is 11.9 Å². The Balaban J connectivity index is 1.43. The highest BCUT2D eigenvalue weighted by atomic mass is 16.6. The van der Waals surface area contributed by atoms with E-state index in [4.69, 9.17) is 9.47 Å². The maximum Gasteiger partial charge on any atom is 0.414 e. The summed E-state index contributed by atoms with van der Waals surface area (Å²) in [6.45, 7) is 2.60. The molecule has 2 amide bonds. The lowest BCUT2D eigenvalue weighted by atomic mass is 10.00. The monoisotopic (exact) mass is 418 g/mol. The van der Waals surface area contributed by atoms with E-state index < -0.39 is 6.09 Å². The van der Waals surface area contributed by atoms with Crippen molar-refractivity contribution in [3.8, 4) is 28.3 Å². The molecule has 1 fully saturated rings. The van der Waals surface area contributed by atoms with E-state index in [2.05, 4.69) is 27.6 Å². The molecule has 2 aliphatic heterocycles. The lowest BCUT2D eigenvalue weighted by molar-refractivity contribution is -0.119. The second-order valence-electron chi connectivity index (χ2n) is 7.62. The minimum atomic E-state index is -0.434. The number of hydrogen-bond acceptors (Lipinski definition) is 5. The number of aromatic nitrogens is 2. The summed E-state index contributed by atoms with van der Waals surface area (Å²) >= 11 is 0. The average molecular weight is 418 g/mol. The van der Waals surface area contributed by atoms with Crippen LogP contribution in [-0.4, -0.2) is 48.0 Å². The topological polar surface area (TPSA) is 96.5 Å². The van der Waals surface area contributed by atoms with Crippen molar-refractivity contribution in [3.05, 3.63) is 54.1 Å². The second kappa shape index (κ2) is 7.79. The van der Waals surface area contributed by atoms with Gasteiger partial charge in [-0.2, -0.15) is 5.10 Å². The van der Waals surface area contributed by atoms with Gasteiger partial charge in [-0.3, -0.25) is 14.8 Å². The summed E-state index contributed by atoms with van der Waals surface area (Å²) in [5.74, 6) is 0.526. The molecule has 1 saturated heterocycles. The van der Waals surface area contributed by atoms with Gasteiger partial charge in [-0.15, -0.1) is 0 Å². The van der Waals surface area contributed by atoms with Crippen molar-refractivity contribution in [2.75, 3.05) is 24.6 Å². The van der Waals surface area contributed by atoms with Crippen LogP contribution in [0.2, 0.25) is 0 Å². The highest BCUT2D eigenvalue weighted by molar-refractivity contribution is 5.91. The first-order valence-corrected chi connectivity index (χ1v) is 10.2. The Morgan fingerprint density at radius 1 is 1.26 bits per heavy atom. The maximum absolute atomic E-state index is 12.4. The standard InChI is InChI=1S/C23H22N4O4/c1-14(28)24-12-17-13-27(23(29)31-17)16-7-8-18-20(11-16)30-10-9-19-21(25-26-22(18)19)15-5-3-2-4-6-15/h2-8,11,17H,9-10,12-13H2,1H3,(H,24,28)(H,25,26). The molecule has 2 N–H and O–H groups in total. The molecule has 2 aliphatic rings. The zero-order valence-corrected chi connectivity index (χ0v) is 17.1. The predicted molar refractivity (Wildman–Crippen MR) is 115 cm³/mol. The number of aromatic amines is 1. The molecule has 0 radical (unpaired) electrons. The summed E-state index contributed by atoms with van der Waals surface area (Å²) in [7, 11) is 0. The smallest absolute Gasteiger partial charge is 0.414 e. The number of hydrogen-bond donors (Lipinski definition) is 2. The molecule has 2 aromatic carbocycles. The highest BCUT2D eigenvalue weighted by Crippen LogP contribution is 2.40. The number of ether oxygens (including phenoxy) is 2. The third-order valence-corrected chi connectivity index (χ3v) is 5.52. The molecule has 31 heavy (non-hydrogen) atoms. The lowest BCUT2D eigenvalue weighted by Crippen LogP contribution is -2.33. The zero-order chi connectivity index (χ0) is 21.4. The van der Waals surface area contributed by atoms with Gasteiger partial charge >= 0.3 is 6.09 Å². The van der Waals surface area contributed by atoms with Crippen LogP contribution in [0.1, 0.15) is 12.5 Å². The normalized spacial score (nSPS) is 17.3. The molecular weight excluding hydrogens is 396 g/mol. The third kappa shape index (κ3) is 3.61. The second-order valence-corrected chi connectivity index (χ2v) is 7.62. The Bertz CT molecular complexity index is 1140. The van der Waals surface area contributed by atoms with Gasteiger partial charge in [-0.1, -0.05) is 30.3 Å². The van der Waals surface area contributed by atoms with Gasteiger partial charge in [0, 0.05) is 30.5 Å². The molecule has 158 valence electrons. The fourth-order valence-corrected chi connectivity index (χ4v) is 4.03. The van der Waals surface area contributed by atoms with E-state index in [-0.39, 0.29) is 18.6 Å². The van der Waals surface area contributed by atoms with Crippen molar-refractivity contribution in [2.24, 2.45) is 0 Å². The van der Waals surface area contributed by atoms with Gasteiger partial charge in [-0.05, 0) is 17.7 Å². The van der Waals surface area contributed by atoms with Crippen molar-refractivity contribution < 1.29 is 19.1 Å². The van der Waals surface area contributed by atoms with Crippen LogP contribution in [0.3, 0.4) is 0 Å². The van der Waals surface area contributed by atoms with E-state index in [9.17, 15) is 9.59 Å². The van der Waals surface area contributed by atoms with Crippen LogP contribution in [0.5, 0.6) is 5.75 Å². The summed E-state index contributed by atoms with van der Waals surface area (Å²) in [4.78, 5) is 25.0. The summed E-state index contributed by atoms with van der Waals surface area (Å²) < 4.78 is 11.4. The van der Waals surface area contributed by atoms with Crippen LogP contribution in [0.25, 0.3) is 22.5 Å². The third-order valence-electron chi connectivity index (χ3n) is 5.52. The lowest BCUT2D eigenvalue weighted by Gasteiger charge is -2.16. The van der Waals surface area contributed by atoms with Crippen LogP contribution in [0.15, 0.2) is 48.5 Å². The van der Waals surface area contributed by atoms with Gasteiger partial charge in [0.25, 0.3) is 0 Å².